The second kappa shape index (κ2) is 9.09. The number of methoxy groups -OCH3 is 1. The van der Waals surface area contributed by atoms with E-state index in [4.69, 9.17) is 9.47 Å². The maximum absolute atomic E-state index is 15.1. The highest BCUT2D eigenvalue weighted by atomic mass is 32.1. The number of aromatic carboxylic acids is 1. The van der Waals surface area contributed by atoms with Crippen molar-refractivity contribution in [1.82, 2.24) is 14.5 Å². The molecule has 5 rings (SSSR count). The van der Waals surface area contributed by atoms with E-state index >= 15 is 4.39 Å². The van der Waals surface area contributed by atoms with Crippen molar-refractivity contribution in [2.24, 2.45) is 0 Å². The van der Waals surface area contributed by atoms with Crippen LogP contribution in [0.4, 0.5) is 13.2 Å². The van der Waals surface area contributed by atoms with E-state index in [2.05, 4.69) is 9.97 Å². The van der Waals surface area contributed by atoms with E-state index in [-0.39, 0.29) is 38.2 Å². The number of aromatic nitrogens is 3. The van der Waals surface area contributed by atoms with E-state index < -0.39 is 47.0 Å². The van der Waals surface area contributed by atoms with Crippen molar-refractivity contribution < 1.29 is 32.5 Å². The fourth-order valence-electron chi connectivity index (χ4n) is 3.92. The number of ether oxygens (including phenoxy) is 2. The lowest BCUT2D eigenvalue weighted by molar-refractivity contribution is 0.0704. The van der Waals surface area contributed by atoms with E-state index in [1.165, 1.54) is 30.9 Å². The summed E-state index contributed by atoms with van der Waals surface area (Å²) in [4.78, 5) is 43.3. The van der Waals surface area contributed by atoms with Gasteiger partial charge in [-0.25, -0.2) is 27.3 Å². The standard InChI is InChI=1S/C24H14F3N3O6S/c1-35-17-5-13(25)16(30-22(31)19-15(29-24(30)34)9-37-21(19)23(32)33)6-18(17)36-8-12-11-7-28-3-2-10(11)4-14(26)20(12)27/h2-7,9H,8H2,1H3,(H,29,34)(H,32,33). The third kappa shape index (κ3) is 3.98. The van der Waals surface area contributed by atoms with Crippen LogP contribution >= 0.6 is 11.3 Å². The molecule has 0 aliphatic heterocycles. The third-order valence-corrected chi connectivity index (χ3v) is 6.60. The Hall–Kier alpha value is -4.65. The molecule has 5 aromatic rings. The number of carboxylic acids is 1. The van der Waals surface area contributed by atoms with Crippen molar-refractivity contribution >= 4 is 39.0 Å². The van der Waals surface area contributed by atoms with Gasteiger partial charge in [-0.2, -0.15) is 0 Å². The van der Waals surface area contributed by atoms with Crippen LogP contribution in [-0.4, -0.2) is 32.7 Å². The number of aromatic amines is 1. The summed E-state index contributed by atoms with van der Waals surface area (Å²) in [6, 6.07) is 4.31. The molecule has 2 aromatic carbocycles. The van der Waals surface area contributed by atoms with Gasteiger partial charge >= 0.3 is 11.7 Å². The summed E-state index contributed by atoms with van der Waals surface area (Å²) in [5.41, 5.74) is -2.85. The molecule has 0 spiro atoms. The van der Waals surface area contributed by atoms with Crippen LogP contribution in [0.5, 0.6) is 11.5 Å². The number of pyridine rings is 1. The first-order valence-corrected chi connectivity index (χ1v) is 11.3. The number of nitrogens with zero attached hydrogens (tertiary/aromatic N) is 2. The van der Waals surface area contributed by atoms with Gasteiger partial charge in [-0.1, -0.05) is 0 Å². The number of fused-ring (bicyclic) bond motifs is 2. The first kappa shape index (κ1) is 24.1. The first-order chi connectivity index (χ1) is 17.7. The number of benzene rings is 2. The number of rotatable bonds is 6. The highest BCUT2D eigenvalue weighted by Crippen LogP contribution is 2.33. The first-order valence-electron chi connectivity index (χ1n) is 10.4. The fraction of sp³-hybridized carbons (Fsp3) is 0.0833. The topological polar surface area (TPSA) is 124 Å². The zero-order valence-electron chi connectivity index (χ0n) is 18.7. The molecule has 37 heavy (non-hydrogen) atoms. The van der Waals surface area contributed by atoms with Crippen molar-refractivity contribution in [3.8, 4) is 17.2 Å². The lowest BCUT2D eigenvalue weighted by Gasteiger charge is -2.15. The molecule has 0 saturated heterocycles. The molecule has 0 atom stereocenters. The maximum atomic E-state index is 15.1. The smallest absolute Gasteiger partial charge is 0.346 e. The van der Waals surface area contributed by atoms with E-state index in [1.54, 1.807) is 0 Å². The van der Waals surface area contributed by atoms with Gasteiger partial charge in [-0.3, -0.25) is 9.78 Å². The van der Waals surface area contributed by atoms with Crippen LogP contribution < -0.4 is 20.7 Å². The lowest BCUT2D eigenvalue weighted by atomic mass is 10.1. The minimum absolute atomic E-state index is 0.0129. The molecule has 3 aromatic heterocycles. The van der Waals surface area contributed by atoms with Crippen molar-refractivity contribution in [3.05, 3.63) is 90.8 Å². The molecule has 188 valence electrons. The Morgan fingerprint density at radius 3 is 2.68 bits per heavy atom. The molecule has 0 bridgehead atoms. The van der Waals surface area contributed by atoms with Gasteiger partial charge in [-0.15, -0.1) is 11.3 Å². The van der Waals surface area contributed by atoms with Gasteiger partial charge in [0.1, 0.15) is 11.5 Å². The highest BCUT2D eigenvalue weighted by Gasteiger charge is 2.23. The normalized spacial score (nSPS) is 11.2. The largest absolute Gasteiger partial charge is 0.493 e. The number of hydrogen-bond acceptors (Lipinski definition) is 7. The second-order valence-electron chi connectivity index (χ2n) is 7.72. The van der Waals surface area contributed by atoms with Crippen LogP contribution in [0.15, 0.2) is 51.6 Å². The molecular formula is C24H14F3N3O6S. The molecule has 0 amide bonds. The van der Waals surface area contributed by atoms with Gasteiger partial charge in [0.2, 0.25) is 0 Å². The molecule has 2 N–H and O–H groups in total. The summed E-state index contributed by atoms with van der Waals surface area (Å²) >= 11 is 0.727. The summed E-state index contributed by atoms with van der Waals surface area (Å²) in [6.07, 6.45) is 2.74. The molecule has 0 unspecified atom stereocenters. The summed E-state index contributed by atoms with van der Waals surface area (Å²) in [6.45, 7) is -0.537. The van der Waals surface area contributed by atoms with Gasteiger partial charge in [0.25, 0.3) is 5.56 Å². The SMILES string of the molecule is COc1cc(F)c(-n2c(=O)[nH]c3csc(C(=O)O)c3c2=O)cc1OCc1c(F)c(F)cc2ccncc12. The molecule has 9 nitrogen and oxygen atoms in total. The van der Waals surface area contributed by atoms with E-state index in [9.17, 15) is 28.3 Å². The Kier molecular flexibility index (Phi) is 5.91. The van der Waals surface area contributed by atoms with Crippen molar-refractivity contribution in [2.45, 2.75) is 6.61 Å². The van der Waals surface area contributed by atoms with E-state index in [0.717, 1.165) is 29.5 Å². The number of H-pyrrole nitrogens is 1. The van der Waals surface area contributed by atoms with Crippen LogP contribution in [0.3, 0.4) is 0 Å². The van der Waals surface area contributed by atoms with Crippen LogP contribution in [0, 0.1) is 17.5 Å². The monoisotopic (exact) mass is 529 g/mol. The minimum Gasteiger partial charge on any atom is -0.493 e. The molecular weight excluding hydrogens is 515 g/mol. The summed E-state index contributed by atoms with van der Waals surface area (Å²) in [5.74, 6) is -5.09. The van der Waals surface area contributed by atoms with E-state index in [1.807, 2.05) is 0 Å². The predicted molar refractivity (Wildman–Crippen MR) is 128 cm³/mol. The quantitative estimate of drug-likeness (QED) is 0.341. The number of hydrogen-bond donors (Lipinski definition) is 2. The number of thiophene rings is 1. The summed E-state index contributed by atoms with van der Waals surface area (Å²) in [7, 11) is 1.21. The molecule has 0 aliphatic rings. The zero-order valence-corrected chi connectivity index (χ0v) is 19.5. The molecule has 13 heteroatoms. The molecule has 0 aliphatic carbocycles. The fourth-order valence-corrected chi connectivity index (χ4v) is 4.75. The zero-order chi connectivity index (χ0) is 26.4. The number of halogens is 3. The van der Waals surface area contributed by atoms with Crippen molar-refractivity contribution in [2.75, 3.05) is 7.11 Å². The third-order valence-electron chi connectivity index (χ3n) is 5.63. The predicted octanol–water partition coefficient (Wildman–Crippen LogP) is 3.99. The minimum atomic E-state index is -1.39. The average Bonchev–Trinajstić information content (AvgIpc) is 3.30. The lowest BCUT2D eigenvalue weighted by Crippen LogP contribution is -2.34. The van der Waals surface area contributed by atoms with Crippen LogP contribution in [0.2, 0.25) is 0 Å². The van der Waals surface area contributed by atoms with Gasteiger partial charge in [0.15, 0.2) is 29.0 Å². The second-order valence-corrected chi connectivity index (χ2v) is 8.60. The molecule has 0 fully saturated rings. The molecule has 0 radical (unpaired) electrons. The van der Waals surface area contributed by atoms with Gasteiger partial charge < -0.3 is 19.6 Å². The number of carboxylic acid groups (broad SMARTS) is 1. The number of carbonyl (C=O) groups is 1. The molecule has 0 saturated carbocycles. The summed E-state index contributed by atoms with van der Waals surface area (Å²) < 4.78 is 55.0. The van der Waals surface area contributed by atoms with Crippen LogP contribution in [0.1, 0.15) is 15.2 Å². The Morgan fingerprint density at radius 2 is 1.95 bits per heavy atom. The average molecular weight is 529 g/mol. The van der Waals surface area contributed by atoms with Crippen LogP contribution in [0.25, 0.3) is 27.4 Å². The number of nitrogens with one attached hydrogen (secondary N) is 1. The summed E-state index contributed by atoms with van der Waals surface area (Å²) in [5, 5.41) is 11.0. The molecule has 3 heterocycles. The maximum Gasteiger partial charge on any atom is 0.346 e. The van der Waals surface area contributed by atoms with Gasteiger partial charge in [0.05, 0.1) is 23.7 Å². The van der Waals surface area contributed by atoms with Crippen molar-refractivity contribution in [3.63, 3.8) is 0 Å². The van der Waals surface area contributed by atoms with Gasteiger partial charge in [-0.05, 0) is 17.5 Å². The van der Waals surface area contributed by atoms with Crippen LogP contribution in [-0.2, 0) is 6.61 Å². The van der Waals surface area contributed by atoms with Gasteiger partial charge in [0, 0.05) is 40.9 Å². The van der Waals surface area contributed by atoms with Crippen molar-refractivity contribution in [1.29, 1.82) is 0 Å². The Morgan fingerprint density at radius 1 is 1.16 bits per heavy atom. The Labute approximate surface area is 208 Å². The highest BCUT2D eigenvalue weighted by molar-refractivity contribution is 7.13. The Balaban J connectivity index is 1.64. The van der Waals surface area contributed by atoms with E-state index in [0.29, 0.717) is 9.95 Å². The Bertz CT molecular complexity index is 1850.